The lowest BCUT2D eigenvalue weighted by molar-refractivity contribution is -0.274. The molecule has 1 rings (SSSR count). The van der Waals surface area contributed by atoms with Crippen molar-refractivity contribution < 1.29 is 27.8 Å². The molecule has 21 heavy (non-hydrogen) atoms. The van der Waals surface area contributed by atoms with Gasteiger partial charge in [-0.05, 0) is 24.1 Å². The number of halogens is 3. The lowest BCUT2D eigenvalue weighted by Crippen LogP contribution is -2.37. The van der Waals surface area contributed by atoms with E-state index in [0.717, 1.165) is 0 Å². The number of aliphatic hydroxyl groups excluding tert-OH is 1. The van der Waals surface area contributed by atoms with Crippen LogP contribution in [-0.4, -0.2) is 37.7 Å². The number of carbonyl (C=O) groups excluding carboxylic acids is 1. The molecule has 0 aromatic heterocycles. The lowest BCUT2D eigenvalue weighted by atomic mass is 10.00. The molecule has 0 aliphatic carbocycles. The molecule has 0 fully saturated rings. The lowest BCUT2D eigenvalue weighted by Gasteiger charge is -2.16. The second kappa shape index (κ2) is 7.72. The first-order chi connectivity index (χ1) is 9.84. The molecule has 0 spiro atoms. The van der Waals surface area contributed by atoms with Gasteiger partial charge in [0.1, 0.15) is 5.75 Å². The molecule has 0 aliphatic heterocycles. The molecular weight excluding hydrogens is 289 g/mol. The van der Waals surface area contributed by atoms with E-state index in [1.807, 2.05) is 0 Å². The molecule has 0 bridgehead atoms. The Balaban J connectivity index is 2.63. The first-order valence-electron chi connectivity index (χ1n) is 6.25. The van der Waals surface area contributed by atoms with Crippen LogP contribution in [0.25, 0.3) is 0 Å². The minimum absolute atomic E-state index is 0.200. The van der Waals surface area contributed by atoms with E-state index in [9.17, 15) is 23.1 Å². The van der Waals surface area contributed by atoms with Gasteiger partial charge in [0.15, 0.2) is 0 Å². The summed E-state index contributed by atoms with van der Waals surface area (Å²) < 4.78 is 40.2. The fourth-order valence-electron chi connectivity index (χ4n) is 1.73. The highest BCUT2D eigenvalue weighted by Gasteiger charge is 2.31. The molecule has 3 N–H and O–H groups in total. The summed E-state index contributed by atoms with van der Waals surface area (Å²) >= 11 is 0. The number of hydrogen-bond donors (Lipinski definition) is 3. The quantitative estimate of drug-likeness (QED) is 0.748. The number of benzene rings is 1. The van der Waals surface area contributed by atoms with Crippen LogP contribution in [-0.2, 0) is 6.42 Å². The molecule has 0 saturated heterocycles. The van der Waals surface area contributed by atoms with E-state index in [-0.39, 0.29) is 30.9 Å². The van der Waals surface area contributed by atoms with Gasteiger partial charge in [0, 0.05) is 26.1 Å². The summed E-state index contributed by atoms with van der Waals surface area (Å²) in [7, 11) is 1.46. The van der Waals surface area contributed by atoms with Gasteiger partial charge >= 0.3 is 12.4 Å². The molecule has 1 unspecified atom stereocenters. The van der Waals surface area contributed by atoms with Gasteiger partial charge in [-0.15, -0.1) is 13.2 Å². The molecule has 1 aromatic rings. The second-order valence-corrected chi connectivity index (χ2v) is 4.41. The van der Waals surface area contributed by atoms with Crippen molar-refractivity contribution in [2.75, 3.05) is 20.2 Å². The maximum absolute atomic E-state index is 12.1. The van der Waals surface area contributed by atoms with Crippen LogP contribution in [0.3, 0.4) is 0 Å². The molecule has 118 valence electrons. The summed E-state index contributed by atoms with van der Waals surface area (Å²) in [5.74, 6) is -0.612. The van der Waals surface area contributed by atoms with Gasteiger partial charge < -0.3 is 20.5 Å². The second-order valence-electron chi connectivity index (χ2n) is 4.41. The van der Waals surface area contributed by atoms with Gasteiger partial charge in [-0.1, -0.05) is 12.1 Å². The fraction of sp³-hybridized carbons (Fsp3) is 0.462. The molecule has 1 aromatic carbocycles. The Bertz CT molecular complexity index is 466. The predicted molar refractivity (Wildman–Crippen MR) is 69.9 cm³/mol. The Labute approximate surface area is 120 Å². The van der Waals surface area contributed by atoms with E-state index < -0.39 is 6.36 Å². The summed E-state index contributed by atoms with van der Waals surface area (Å²) in [6.07, 6.45) is -4.43. The smallest absolute Gasteiger partial charge is 0.406 e. The third kappa shape index (κ3) is 6.84. The SMILES string of the molecule is CNC(=O)NCC(CO)Cc1cccc(OC(F)(F)F)c1. The average molecular weight is 306 g/mol. The van der Waals surface area contributed by atoms with Crippen molar-refractivity contribution in [2.24, 2.45) is 5.92 Å². The normalized spacial score (nSPS) is 12.6. The van der Waals surface area contributed by atoms with Crippen LogP contribution < -0.4 is 15.4 Å². The van der Waals surface area contributed by atoms with Crippen molar-refractivity contribution in [1.29, 1.82) is 0 Å². The zero-order valence-electron chi connectivity index (χ0n) is 11.4. The van der Waals surface area contributed by atoms with E-state index in [4.69, 9.17) is 0 Å². The number of amides is 2. The number of aliphatic hydroxyl groups is 1. The van der Waals surface area contributed by atoms with E-state index in [2.05, 4.69) is 15.4 Å². The maximum atomic E-state index is 12.1. The number of carbonyl (C=O) groups is 1. The van der Waals surface area contributed by atoms with E-state index >= 15 is 0 Å². The molecular formula is C13H17F3N2O3. The van der Waals surface area contributed by atoms with Gasteiger partial charge in [-0.3, -0.25) is 0 Å². The van der Waals surface area contributed by atoms with Gasteiger partial charge in [0.2, 0.25) is 0 Å². The van der Waals surface area contributed by atoms with Crippen molar-refractivity contribution in [3.8, 4) is 5.75 Å². The van der Waals surface area contributed by atoms with Crippen molar-refractivity contribution >= 4 is 6.03 Å². The van der Waals surface area contributed by atoms with Crippen molar-refractivity contribution in [1.82, 2.24) is 10.6 Å². The van der Waals surface area contributed by atoms with Crippen LogP contribution >= 0.6 is 0 Å². The van der Waals surface area contributed by atoms with Crippen LogP contribution in [0.1, 0.15) is 5.56 Å². The highest BCUT2D eigenvalue weighted by atomic mass is 19.4. The topological polar surface area (TPSA) is 70.6 Å². The largest absolute Gasteiger partial charge is 0.573 e. The molecule has 5 nitrogen and oxygen atoms in total. The maximum Gasteiger partial charge on any atom is 0.573 e. The van der Waals surface area contributed by atoms with E-state index in [1.165, 1.54) is 25.2 Å². The monoisotopic (exact) mass is 306 g/mol. The number of nitrogens with one attached hydrogen (secondary N) is 2. The molecule has 8 heteroatoms. The molecule has 0 radical (unpaired) electrons. The number of ether oxygens (including phenoxy) is 1. The number of alkyl halides is 3. The van der Waals surface area contributed by atoms with Crippen LogP contribution in [0.4, 0.5) is 18.0 Å². The molecule has 0 saturated carbocycles. The Kier molecular flexibility index (Phi) is 6.29. The van der Waals surface area contributed by atoms with Crippen LogP contribution in [0.5, 0.6) is 5.75 Å². The summed E-state index contributed by atoms with van der Waals surface area (Å²) in [5.41, 5.74) is 0.578. The van der Waals surface area contributed by atoms with Gasteiger partial charge in [0.25, 0.3) is 0 Å². The third-order valence-electron chi connectivity index (χ3n) is 2.69. The molecule has 2 amide bonds. The van der Waals surface area contributed by atoms with Crippen LogP contribution in [0.2, 0.25) is 0 Å². The Morgan fingerprint density at radius 2 is 2.14 bits per heavy atom. The van der Waals surface area contributed by atoms with Crippen LogP contribution in [0, 0.1) is 5.92 Å². The highest BCUT2D eigenvalue weighted by Crippen LogP contribution is 2.24. The van der Waals surface area contributed by atoms with E-state index in [0.29, 0.717) is 12.0 Å². The number of urea groups is 1. The zero-order chi connectivity index (χ0) is 15.9. The fourth-order valence-corrected chi connectivity index (χ4v) is 1.73. The average Bonchev–Trinajstić information content (AvgIpc) is 2.41. The summed E-state index contributed by atoms with van der Waals surface area (Å²) in [6.45, 7) is 0.00881. The standard InChI is InChI=1S/C13H17F3N2O3/c1-17-12(20)18-7-10(8-19)5-9-3-2-4-11(6-9)21-13(14,15)16/h2-4,6,10,19H,5,7-8H2,1H3,(H2,17,18,20). The Hall–Kier alpha value is -1.96. The zero-order valence-corrected chi connectivity index (χ0v) is 11.4. The number of rotatable bonds is 6. The Morgan fingerprint density at radius 1 is 1.43 bits per heavy atom. The first-order valence-corrected chi connectivity index (χ1v) is 6.25. The number of hydrogen-bond acceptors (Lipinski definition) is 3. The summed E-state index contributed by atoms with van der Waals surface area (Å²) in [6, 6.07) is 5.15. The van der Waals surface area contributed by atoms with Gasteiger partial charge in [-0.2, -0.15) is 0 Å². The summed E-state index contributed by atoms with van der Waals surface area (Å²) in [4.78, 5) is 11.0. The first kappa shape index (κ1) is 17.1. The minimum Gasteiger partial charge on any atom is -0.406 e. The molecule has 1 atom stereocenters. The van der Waals surface area contributed by atoms with E-state index in [1.54, 1.807) is 6.07 Å². The van der Waals surface area contributed by atoms with Gasteiger partial charge in [0.05, 0.1) is 0 Å². The van der Waals surface area contributed by atoms with Crippen molar-refractivity contribution in [3.63, 3.8) is 0 Å². The van der Waals surface area contributed by atoms with Crippen molar-refractivity contribution in [3.05, 3.63) is 29.8 Å². The molecule has 0 aliphatic rings. The highest BCUT2D eigenvalue weighted by molar-refractivity contribution is 5.73. The van der Waals surface area contributed by atoms with Crippen LogP contribution in [0.15, 0.2) is 24.3 Å². The minimum atomic E-state index is -4.74. The van der Waals surface area contributed by atoms with Crippen molar-refractivity contribution in [2.45, 2.75) is 12.8 Å². The predicted octanol–water partition coefficient (Wildman–Crippen LogP) is 1.67. The summed E-state index contributed by atoms with van der Waals surface area (Å²) in [5, 5.41) is 14.1. The third-order valence-corrected chi connectivity index (χ3v) is 2.69. The Morgan fingerprint density at radius 3 is 2.71 bits per heavy atom. The molecule has 0 heterocycles. The van der Waals surface area contributed by atoms with Gasteiger partial charge in [-0.25, -0.2) is 4.79 Å².